The Labute approximate surface area is 157 Å². The average Bonchev–Trinajstić information content (AvgIpc) is 2.57. The second-order valence-electron chi connectivity index (χ2n) is 7.23. The lowest BCUT2D eigenvalue weighted by atomic mass is 10.1. The number of piperidine rings is 1. The van der Waals surface area contributed by atoms with Crippen LogP contribution in [0.2, 0.25) is 0 Å². The van der Waals surface area contributed by atoms with E-state index in [2.05, 4.69) is 17.3 Å². The molecule has 1 fully saturated rings. The Morgan fingerprint density at radius 1 is 1.23 bits per heavy atom. The Morgan fingerprint density at radius 3 is 2.42 bits per heavy atom. The van der Waals surface area contributed by atoms with E-state index in [-0.39, 0.29) is 18.5 Å². The first-order valence-electron chi connectivity index (χ1n) is 8.86. The molecule has 8 heteroatoms. The monoisotopic (exact) mass is 382 g/mol. The molecule has 2 rings (SSSR count). The number of carbonyl (C=O) groups is 1. The first-order valence-corrected chi connectivity index (χ1v) is 10.3. The van der Waals surface area contributed by atoms with Crippen LogP contribution in [0.3, 0.4) is 0 Å². The molecule has 0 unspecified atom stereocenters. The molecule has 1 aliphatic rings. The number of hydrogen-bond donors (Lipinski definition) is 1. The summed E-state index contributed by atoms with van der Waals surface area (Å²) in [6.45, 7) is 5.39. The van der Waals surface area contributed by atoms with Gasteiger partial charge in [0.2, 0.25) is 5.91 Å². The summed E-state index contributed by atoms with van der Waals surface area (Å²) in [5, 5.41) is 2.99. The maximum Gasteiger partial charge on any atom is 0.304 e. The van der Waals surface area contributed by atoms with Crippen molar-refractivity contribution < 1.29 is 13.2 Å². The summed E-state index contributed by atoms with van der Waals surface area (Å²) in [5.41, 5.74) is 2.30. The highest BCUT2D eigenvalue weighted by Gasteiger charge is 2.29. The van der Waals surface area contributed by atoms with Crippen LogP contribution >= 0.6 is 0 Å². The van der Waals surface area contributed by atoms with Crippen LogP contribution in [0.5, 0.6) is 0 Å². The number of nitrogens with zero attached hydrogens (tertiary/aromatic N) is 3. The number of nitrogens with one attached hydrogen (secondary N) is 1. The molecule has 7 nitrogen and oxygen atoms in total. The van der Waals surface area contributed by atoms with Gasteiger partial charge in [0.25, 0.3) is 0 Å². The molecule has 0 bridgehead atoms. The van der Waals surface area contributed by atoms with Crippen molar-refractivity contribution in [2.45, 2.75) is 32.7 Å². The van der Waals surface area contributed by atoms with E-state index in [1.807, 2.05) is 26.0 Å². The summed E-state index contributed by atoms with van der Waals surface area (Å²) in [4.78, 5) is 14.8. The van der Waals surface area contributed by atoms with Crippen molar-refractivity contribution in [3.8, 4) is 0 Å². The summed E-state index contributed by atoms with van der Waals surface area (Å²) in [6.07, 6.45) is 1.76. The number of hydrogen-bond acceptors (Lipinski definition) is 4. The molecular weight excluding hydrogens is 352 g/mol. The highest BCUT2D eigenvalue weighted by atomic mass is 32.2. The molecule has 1 aromatic rings. The lowest BCUT2D eigenvalue weighted by molar-refractivity contribution is -0.120. The van der Waals surface area contributed by atoms with E-state index in [4.69, 9.17) is 0 Å². The molecular formula is C18H30N4O3S. The van der Waals surface area contributed by atoms with Crippen molar-refractivity contribution in [3.05, 3.63) is 29.3 Å². The maximum atomic E-state index is 12.8. The Hall–Kier alpha value is -1.64. The Balaban J connectivity index is 2.22. The molecule has 0 aromatic heterocycles. The lowest BCUT2D eigenvalue weighted by Gasteiger charge is -2.31. The lowest BCUT2D eigenvalue weighted by Crippen LogP contribution is -2.49. The smallest absolute Gasteiger partial charge is 0.304 e. The summed E-state index contributed by atoms with van der Waals surface area (Å²) in [7, 11) is 1.23. The Morgan fingerprint density at radius 2 is 1.85 bits per heavy atom. The third-order valence-electron chi connectivity index (χ3n) is 4.74. The van der Waals surface area contributed by atoms with E-state index in [0.29, 0.717) is 5.69 Å². The minimum atomic E-state index is -3.78. The highest BCUT2D eigenvalue weighted by molar-refractivity contribution is 7.90. The quantitative estimate of drug-likeness (QED) is 0.800. The average molecular weight is 383 g/mol. The molecule has 1 aliphatic heterocycles. The van der Waals surface area contributed by atoms with E-state index in [9.17, 15) is 13.2 Å². The van der Waals surface area contributed by atoms with Crippen molar-refractivity contribution >= 4 is 21.8 Å². The van der Waals surface area contributed by atoms with Crippen LogP contribution in [-0.2, 0) is 15.0 Å². The van der Waals surface area contributed by atoms with E-state index in [1.54, 1.807) is 6.07 Å². The largest absolute Gasteiger partial charge is 0.352 e. The van der Waals surface area contributed by atoms with Crippen molar-refractivity contribution in [1.82, 2.24) is 14.5 Å². The van der Waals surface area contributed by atoms with Gasteiger partial charge < -0.3 is 10.2 Å². The second-order valence-corrected chi connectivity index (χ2v) is 9.30. The molecule has 1 N–H and O–H groups in total. The first kappa shape index (κ1) is 20.7. The van der Waals surface area contributed by atoms with Crippen LogP contribution in [0.4, 0.5) is 5.69 Å². The zero-order valence-electron chi connectivity index (χ0n) is 16.3. The number of amides is 1. The van der Waals surface area contributed by atoms with Gasteiger partial charge >= 0.3 is 10.2 Å². The number of likely N-dealkylation sites (tertiary alicyclic amines) is 1. The third-order valence-corrected chi connectivity index (χ3v) is 6.55. The van der Waals surface area contributed by atoms with Crippen LogP contribution in [0.1, 0.15) is 24.0 Å². The fraction of sp³-hybridized carbons (Fsp3) is 0.611. The normalized spacial score (nSPS) is 16.7. The summed E-state index contributed by atoms with van der Waals surface area (Å²) >= 11 is 0. The zero-order chi connectivity index (χ0) is 19.5. The molecule has 1 saturated heterocycles. The van der Waals surface area contributed by atoms with Gasteiger partial charge in [-0.15, -0.1) is 0 Å². The molecule has 1 heterocycles. The highest BCUT2D eigenvalue weighted by Crippen LogP contribution is 2.25. The van der Waals surface area contributed by atoms with E-state index in [1.165, 1.54) is 18.4 Å². The predicted molar refractivity (Wildman–Crippen MR) is 105 cm³/mol. The summed E-state index contributed by atoms with van der Waals surface area (Å²) < 4.78 is 28.0. The maximum absolute atomic E-state index is 12.8. The van der Waals surface area contributed by atoms with E-state index in [0.717, 1.165) is 41.4 Å². The molecule has 0 saturated carbocycles. The van der Waals surface area contributed by atoms with Gasteiger partial charge in [-0.05, 0) is 64.0 Å². The van der Waals surface area contributed by atoms with E-state index >= 15 is 0 Å². The number of rotatable bonds is 6. The molecule has 0 radical (unpaired) electrons. The van der Waals surface area contributed by atoms with Crippen molar-refractivity contribution in [2.75, 3.05) is 45.1 Å². The van der Waals surface area contributed by atoms with E-state index < -0.39 is 10.2 Å². The summed E-state index contributed by atoms with van der Waals surface area (Å²) in [5.74, 6) is -0.272. The molecule has 0 atom stereocenters. The van der Waals surface area contributed by atoms with Gasteiger partial charge in [-0.1, -0.05) is 12.1 Å². The zero-order valence-corrected chi connectivity index (χ0v) is 17.1. The van der Waals surface area contributed by atoms with Gasteiger partial charge in [-0.2, -0.15) is 12.7 Å². The van der Waals surface area contributed by atoms with Crippen LogP contribution in [-0.4, -0.2) is 70.3 Å². The number of anilines is 1. The minimum Gasteiger partial charge on any atom is -0.352 e. The Kier molecular flexibility index (Phi) is 6.65. The van der Waals surface area contributed by atoms with Gasteiger partial charge in [0.1, 0.15) is 6.54 Å². The van der Waals surface area contributed by atoms with Crippen molar-refractivity contribution in [2.24, 2.45) is 0 Å². The van der Waals surface area contributed by atoms with Gasteiger partial charge in [-0.25, -0.2) is 4.31 Å². The molecule has 0 spiro atoms. The SMILES string of the molecule is Cc1ccc(C)c(N(CC(=O)NC2CCN(C)CC2)S(=O)(=O)N(C)C)c1. The van der Waals surface area contributed by atoms with Gasteiger partial charge in [0, 0.05) is 20.1 Å². The standard InChI is InChI=1S/C18H30N4O3S/c1-14-6-7-15(2)17(12-14)22(26(24,25)20(3)4)13-18(23)19-16-8-10-21(5)11-9-16/h6-7,12,16H,8-11,13H2,1-5H3,(H,19,23). The van der Waals surface area contributed by atoms with Crippen LogP contribution in [0, 0.1) is 13.8 Å². The summed E-state index contributed by atoms with van der Waals surface area (Å²) in [6, 6.07) is 5.70. The molecule has 1 amide bonds. The van der Waals surface area contributed by atoms with Crippen LogP contribution < -0.4 is 9.62 Å². The van der Waals surface area contributed by atoms with Gasteiger partial charge in [0.05, 0.1) is 5.69 Å². The minimum absolute atomic E-state index is 0.0983. The molecule has 146 valence electrons. The second kappa shape index (κ2) is 8.37. The van der Waals surface area contributed by atoms with Crippen molar-refractivity contribution in [3.63, 3.8) is 0 Å². The number of benzene rings is 1. The van der Waals surface area contributed by atoms with Crippen molar-refractivity contribution in [1.29, 1.82) is 0 Å². The van der Waals surface area contributed by atoms with Gasteiger partial charge in [0.15, 0.2) is 0 Å². The fourth-order valence-electron chi connectivity index (χ4n) is 3.03. The van der Waals surface area contributed by atoms with Crippen LogP contribution in [0.15, 0.2) is 18.2 Å². The molecule has 1 aromatic carbocycles. The topological polar surface area (TPSA) is 73.0 Å². The Bertz CT molecular complexity index is 741. The molecule has 26 heavy (non-hydrogen) atoms. The predicted octanol–water partition coefficient (Wildman–Crippen LogP) is 1.13. The first-order chi connectivity index (χ1) is 12.1. The fourth-order valence-corrected chi connectivity index (χ4v) is 4.15. The number of aryl methyl sites for hydroxylation is 2. The third kappa shape index (κ3) is 4.96. The number of carbonyl (C=O) groups excluding carboxylic acids is 1. The van der Waals surface area contributed by atoms with Gasteiger partial charge in [-0.3, -0.25) is 4.79 Å². The molecule has 0 aliphatic carbocycles. The van der Waals surface area contributed by atoms with Crippen LogP contribution in [0.25, 0.3) is 0 Å².